The minimum atomic E-state index is -0.683. The van der Waals surface area contributed by atoms with Crippen molar-refractivity contribution in [3.05, 3.63) is 78.0 Å². The number of carbonyl (C=O) groups excluding carboxylic acids is 2. The number of ether oxygens (including phenoxy) is 1. The van der Waals surface area contributed by atoms with Crippen LogP contribution in [0, 0.1) is 5.82 Å². The molecule has 7 nitrogen and oxygen atoms in total. The number of rotatable bonds is 9. The summed E-state index contributed by atoms with van der Waals surface area (Å²) in [5.41, 5.74) is 0.563. The summed E-state index contributed by atoms with van der Waals surface area (Å²) in [4.78, 5) is 34.6. The number of hydrogen-bond donors (Lipinski definition) is 1. The quantitative estimate of drug-likeness (QED) is 0.444. The standard InChI is InChI=1S/C24H24ClFN4O3/c1-3-5-19(30(2)22(31)9-8-16-6-4-7-20(26)23(16)25)15-33-24(32)29-21-12-17-10-11-27-13-18(17)14-28-21/h3-4,6-7,10-14,19H,1,5,8-9,15H2,2H3,(H,28,29,32)/t19-/m0/s1. The molecule has 0 aliphatic heterocycles. The van der Waals surface area contributed by atoms with Crippen molar-refractivity contribution in [2.45, 2.75) is 25.3 Å². The Bertz CT molecular complexity index is 1160. The zero-order valence-corrected chi connectivity index (χ0v) is 18.9. The molecule has 33 heavy (non-hydrogen) atoms. The monoisotopic (exact) mass is 470 g/mol. The Hall–Kier alpha value is -3.52. The highest BCUT2D eigenvalue weighted by Crippen LogP contribution is 2.21. The Morgan fingerprint density at radius 2 is 2.12 bits per heavy atom. The Labute approximate surface area is 196 Å². The van der Waals surface area contributed by atoms with Crippen LogP contribution in [0.15, 0.2) is 61.6 Å². The minimum absolute atomic E-state index is 0.0224. The van der Waals surface area contributed by atoms with E-state index < -0.39 is 18.0 Å². The first-order chi connectivity index (χ1) is 15.9. The number of aryl methyl sites for hydroxylation is 1. The highest BCUT2D eigenvalue weighted by atomic mass is 35.5. The molecular formula is C24H24ClFN4O3. The third kappa shape index (κ3) is 6.49. The number of anilines is 1. The topological polar surface area (TPSA) is 84.4 Å². The number of amides is 2. The molecule has 0 spiro atoms. The van der Waals surface area contributed by atoms with Crippen LogP contribution in [0.25, 0.3) is 10.8 Å². The van der Waals surface area contributed by atoms with Gasteiger partial charge in [0, 0.05) is 37.4 Å². The average molecular weight is 471 g/mol. The van der Waals surface area contributed by atoms with Crippen LogP contribution >= 0.6 is 11.6 Å². The van der Waals surface area contributed by atoms with Crippen molar-refractivity contribution in [2.75, 3.05) is 19.0 Å². The van der Waals surface area contributed by atoms with Gasteiger partial charge in [-0.3, -0.25) is 15.1 Å². The lowest BCUT2D eigenvalue weighted by atomic mass is 10.1. The maximum Gasteiger partial charge on any atom is 0.412 e. The molecule has 3 rings (SSSR count). The van der Waals surface area contributed by atoms with Gasteiger partial charge in [0.05, 0.1) is 11.1 Å². The van der Waals surface area contributed by atoms with Gasteiger partial charge in [0.2, 0.25) is 5.91 Å². The van der Waals surface area contributed by atoms with Crippen LogP contribution in [0.3, 0.4) is 0 Å². The Balaban J connectivity index is 1.54. The Morgan fingerprint density at radius 1 is 1.30 bits per heavy atom. The summed E-state index contributed by atoms with van der Waals surface area (Å²) in [6.45, 7) is 3.68. The predicted octanol–water partition coefficient (Wildman–Crippen LogP) is 5.01. The van der Waals surface area contributed by atoms with Gasteiger partial charge >= 0.3 is 6.09 Å². The molecule has 1 aromatic carbocycles. The fourth-order valence-electron chi connectivity index (χ4n) is 3.25. The second-order valence-corrected chi connectivity index (χ2v) is 7.79. The molecule has 172 valence electrons. The van der Waals surface area contributed by atoms with Crippen LogP contribution in [-0.2, 0) is 16.0 Å². The molecule has 3 aromatic rings. The van der Waals surface area contributed by atoms with Crippen molar-refractivity contribution < 1.29 is 18.7 Å². The SMILES string of the molecule is C=CC[C@@H](COC(=O)Nc1cc2ccncc2cn1)N(C)C(=O)CCc1cccc(F)c1Cl. The van der Waals surface area contributed by atoms with E-state index in [-0.39, 0.29) is 24.0 Å². The lowest BCUT2D eigenvalue weighted by Gasteiger charge is -2.27. The number of likely N-dealkylation sites (N-methyl/N-ethyl adjacent to an activating group) is 1. The number of hydrogen-bond acceptors (Lipinski definition) is 5. The van der Waals surface area contributed by atoms with Crippen molar-refractivity contribution in [3.8, 4) is 0 Å². The molecule has 0 fully saturated rings. The van der Waals surface area contributed by atoms with E-state index in [9.17, 15) is 14.0 Å². The average Bonchev–Trinajstić information content (AvgIpc) is 2.82. The van der Waals surface area contributed by atoms with Gasteiger partial charge < -0.3 is 9.64 Å². The fourth-order valence-corrected chi connectivity index (χ4v) is 3.48. The van der Waals surface area contributed by atoms with Crippen LogP contribution in [0.1, 0.15) is 18.4 Å². The van der Waals surface area contributed by atoms with Gasteiger partial charge in [0.25, 0.3) is 0 Å². The van der Waals surface area contributed by atoms with Crippen LogP contribution < -0.4 is 5.32 Å². The van der Waals surface area contributed by atoms with Crippen molar-refractivity contribution in [1.82, 2.24) is 14.9 Å². The second-order valence-electron chi connectivity index (χ2n) is 7.41. The van der Waals surface area contributed by atoms with Crippen LogP contribution in [-0.4, -0.2) is 46.6 Å². The predicted molar refractivity (Wildman–Crippen MR) is 126 cm³/mol. The van der Waals surface area contributed by atoms with Crippen LogP contribution in [0.4, 0.5) is 15.0 Å². The molecule has 0 aliphatic carbocycles. The number of benzene rings is 1. The Kier molecular flexibility index (Phi) is 8.32. The summed E-state index contributed by atoms with van der Waals surface area (Å²) in [6.07, 6.45) is 6.77. The summed E-state index contributed by atoms with van der Waals surface area (Å²) in [6, 6.07) is 7.63. The van der Waals surface area contributed by atoms with E-state index in [1.807, 2.05) is 6.07 Å². The summed E-state index contributed by atoms with van der Waals surface area (Å²) in [5.74, 6) is -0.358. The molecule has 0 saturated carbocycles. The highest BCUT2D eigenvalue weighted by Gasteiger charge is 2.21. The normalized spacial score (nSPS) is 11.6. The number of halogens is 2. The molecule has 2 amide bonds. The number of aromatic nitrogens is 2. The first-order valence-corrected chi connectivity index (χ1v) is 10.7. The molecule has 0 radical (unpaired) electrons. The van der Waals surface area contributed by atoms with E-state index in [0.29, 0.717) is 24.2 Å². The summed E-state index contributed by atoms with van der Waals surface area (Å²) in [7, 11) is 1.63. The van der Waals surface area contributed by atoms with Crippen molar-refractivity contribution >= 4 is 40.2 Å². The van der Waals surface area contributed by atoms with Gasteiger partial charge in [-0.15, -0.1) is 6.58 Å². The van der Waals surface area contributed by atoms with E-state index >= 15 is 0 Å². The number of carbonyl (C=O) groups is 2. The van der Waals surface area contributed by atoms with E-state index in [1.54, 1.807) is 49.9 Å². The number of fused-ring (bicyclic) bond motifs is 1. The van der Waals surface area contributed by atoms with Gasteiger partial charge in [-0.1, -0.05) is 29.8 Å². The van der Waals surface area contributed by atoms with E-state index in [1.165, 1.54) is 11.0 Å². The van der Waals surface area contributed by atoms with Crippen LogP contribution in [0.2, 0.25) is 5.02 Å². The highest BCUT2D eigenvalue weighted by molar-refractivity contribution is 6.31. The van der Waals surface area contributed by atoms with Gasteiger partial charge in [-0.05, 0) is 42.0 Å². The molecule has 2 aromatic heterocycles. The molecule has 1 N–H and O–H groups in total. The second kappa shape index (κ2) is 11.4. The van der Waals surface area contributed by atoms with Crippen LogP contribution in [0.5, 0.6) is 0 Å². The molecule has 0 bridgehead atoms. The fraction of sp³-hybridized carbons (Fsp3) is 0.250. The molecule has 0 unspecified atom stereocenters. The lowest BCUT2D eigenvalue weighted by Crippen LogP contribution is -2.40. The maximum absolute atomic E-state index is 13.6. The molecule has 9 heteroatoms. The molecule has 0 aliphatic rings. The maximum atomic E-state index is 13.6. The molecular weight excluding hydrogens is 447 g/mol. The number of pyridine rings is 2. The zero-order valence-electron chi connectivity index (χ0n) is 18.1. The number of nitrogens with one attached hydrogen (secondary N) is 1. The molecule has 1 atom stereocenters. The lowest BCUT2D eigenvalue weighted by molar-refractivity contribution is -0.132. The van der Waals surface area contributed by atoms with Crippen molar-refractivity contribution in [1.29, 1.82) is 0 Å². The molecule has 2 heterocycles. The number of nitrogens with zero attached hydrogens (tertiary/aromatic N) is 3. The Morgan fingerprint density at radius 3 is 2.91 bits per heavy atom. The minimum Gasteiger partial charge on any atom is -0.447 e. The van der Waals surface area contributed by atoms with Gasteiger partial charge in [0.15, 0.2) is 0 Å². The van der Waals surface area contributed by atoms with Crippen molar-refractivity contribution in [3.63, 3.8) is 0 Å². The van der Waals surface area contributed by atoms with Gasteiger partial charge in [-0.25, -0.2) is 14.2 Å². The zero-order chi connectivity index (χ0) is 23.8. The van der Waals surface area contributed by atoms with E-state index in [2.05, 4.69) is 21.9 Å². The summed E-state index contributed by atoms with van der Waals surface area (Å²) >= 11 is 5.97. The van der Waals surface area contributed by atoms with Gasteiger partial charge in [-0.2, -0.15) is 0 Å². The van der Waals surface area contributed by atoms with Gasteiger partial charge in [0.1, 0.15) is 18.2 Å². The third-order valence-electron chi connectivity index (χ3n) is 5.18. The summed E-state index contributed by atoms with van der Waals surface area (Å²) < 4.78 is 18.9. The van der Waals surface area contributed by atoms with Crippen molar-refractivity contribution in [2.24, 2.45) is 0 Å². The first-order valence-electron chi connectivity index (χ1n) is 10.3. The third-order valence-corrected chi connectivity index (χ3v) is 5.60. The van der Waals surface area contributed by atoms with E-state index in [4.69, 9.17) is 16.3 Å². The smallest absolute Gasteiger partial charge is 0.412 e. The van der Waals surface area contributed by atoms with E-state index in [0.717, 1.165) is 10.8 Å². The summed E-state index contributed by atoms with van der Waals surface area (Å²) in [5, 5.41) is 4.34. The molecule has 0 saturated heterocycles. The first kappa shape index (κ1) is 24.1. The largest absolute Gasteiger partial charge is 0.447 e.